The van der Waals surface area contributed by atoms with Crippen LogP contribution in [0.25, 0.3) is 0 Å². The minimum atomic E-state index is -3.93. The van der Waals surface area contributed by atoms with E-state index in [0.717, 1.165) is 0 Å². The summed E-state index contributed by atoms with van der Waals surface area (Å²) in [6.07, 6.45) is 0. The third-order valence-corrected chi connectivity index (χ3v) is 7.77. The molecule has 164 valence electrons. The van der Waals surface area contributed by atoms with Crippen LogP contribution in [0.2, 0.25) is 0 Å². The van der Waals surface area contributed by atoms with E-state index in [-0.39, 0.29) is 34.3 Å². The predicted molar refractivity (Wildman–Crippen MR) is 111 cm³/mol. The minimum absolute atomic E-state index is 0.0272. The van der Waals surface area contributed by atoms with Crippen molar-refractivity contribution in [3.05, 3.63) is 42.5 Å². The number of nitrogens with one attached hydrogen (secondary N) is 1. The fourth-order valence-corrected chi connectivity index (χ4v) is 5.60. The molecule has 3 rings (SSSR count). The average Bonchev–Trinajstić information content (AvgIpc) is 2.75. The number of benzene rings is 2. The van der Waals surface area contributed by atoms with Gasteiger partial charge in [-0.15, -0.1) is 0 Å². The second-order valence-corrected chi connectivity index (χ2v) is 9.98. The van der Waals surface area contributed by atoms with E-state index in [9.17, 15) is 16.8 Å². The van der Waals surface area contributed by atoms with Crippen molar-refractivity contribution in [3.8, 4) is 11.5 Å². The van der Waals surface area contributed by atoms with Gasteiger partial charge in [0.15, 0.2) is 0 Å². The summed E-state index contributed by atoms with van der Waals surface area (Å²) in [7, 11) is -6.45. The summed E-state index contributed by atoms with van der Waals surface area (Å²) in [5.41, 5.74) is 0.108. The maximum Gasteiger partial charge on any atom is 0.261 e. The van der Waals surface area contributed by atoms with Gasteiger partial charge in [0.1, 0.15) is 16.4 Å². The van der Waals surface area contributed by atoms with Crippen molar-refractivity contribution in [2.24, 2.45) is 0 Å². The van der Waals surface area contributed by atoms with Crippen molar-refractivity contribution in [1.82, 2.24) is 4.31 Å². The Bertz CT molecular complexity index is 1080. The molecule has 2 aromatic carbocycles. The summed E-state index contributed by atoms with van der Waals surface area (Å²) in [5.74, 6) is 0.685. The first-order valence-electron chi connectivity index (χ1n) is 9.29. The van der Waals surface area contributed by atoms with Crippen LogP contribution in [-0.2, 0) is 24.8 Å². The highest BCUT2D eigenvalue weighted by Crippen LogP contribution is 2.31. The third kappa shape index (κ3) is 4.86. The summed E-state index contributed by atoms with van der Waals surface area (Å²) in [5, 5.41) is 0. The number of ether oxygens (including phenoxy) is 3. The highest BCUT2D eigenvalue weighted by molar-refractivity contribution is 7.92. The second-order valence-electron chi connectivity index (χ2n) is 6.39. The molecule has 0 spiro atoms. The van der Waals surface area contributed by atoms with Gasteiger partial charge in [0.25, 0.3) is 10.0 Å². The summed E-state index contributed by atoms with van der Waals surface area (Å²) in [4.78, 5) is -0.0850. The molecule has 9 nitrogen and oxygen atoms in total. The summed E-state index contributed by atoms with van der Waals surface area (Å²) in [6.45, 7) is 3.33. The molecule has 30 heavy (non-hydrogen) atoms. The summed E-state index contributed by atoms with van der Waals surface area (Å²) in [6, 6.07) is 10.1. The number of rotatable bonds is 8. The van der Waals surface area contributed by atoms with Gasteiger partial charge in [-0.2, -0.15) is 4.31 Å². The SMILES string of the molecule is CCOc1ccc(S(=O)(=O)Nc2ccc(OC)c(S(=O)(=O)N3CCOCC3)c2)cc1. The van der Waals surface area contributed by atoms with Gasteiger partial charge < -0.3 is 14.2 Å². The molecule has 1 aliphatic rings. The van der Waals surface area contributed by atoms with Crippen LogP contribution in [-0.4, -0.2) is 61.2 Å². The minimum Gasteiger partial charge on any atom is -0.495 e. The van der Waals surface area contributed by atoms with Crippen LogP contribution >= 0.6 is 0 Å². The molecule has 0 radical (unpaired) electrons. The molecule has 0 amide bonds. The summed E-state index contributed by atoms with van der Waals surface area (Å²) < 4.78 is 71.0. The summed E-state index contributed by atoms with van der Waals surface area (Å²) >= 11 is 0. The van der Waals surface area contributed by atoms with Crippen LogP contribution in [0.3, 0.4) is 0 Å². The molecule has 1 saturated heterocycles. The van der Waals surface area contributed by atoms with Crippen molar-refractivity contribution in [1.29, 1.82) is 0 Å². The monoisotopic (exact) mass is 456 g/mol. The first kappa shape index (κ1) is 22.3. The third-order valence-electron chi connectivity index (χ3n) is 4.45. The molecule has 11 heteroatoms. The highest BCUT2D eigenvalue weighted by atomic mass is 32.2. The smallest absolute Gasteiger partial charge is 0.261 e. The molecule has 1 fully saturated rings. The molecule has 0 bridgehead atoms. The number of hydrogen-bond acceptors (Lipinski definition) is 7. The zero-order valence-electron chi connectivity index (χ0n) is 16.7. The van der Waals surface area contributed by atoms with Crippen molar-refractivity contribution in [2.45, 2.75) is 16.7 Å². The van der Waals surface area contributed by atoms with Gasteiger partial charge in [-0.3, -0.25) is 4.72 Å². The Balaban J connectivity index is 1.90. The van der Waals surface area contributed by atoms with E-state index < -0.39 is 20.0 Å². The van der Waals surface area contributed by atoms with Crippen molar-refractivity contribution < 1.29 is 31.0 Å². The number of sulfonamides is 2. The van der Waals surface area contributed by atoms with Gasteiger partial charge in [-0.1, -0.05) is 0 Å². The Morgan fingerprint density at radius 3 is 2.30 bits per heavy atom. The lowest BCUT2D eigenvalue weighted by Crippen LogP contribution is -2.40. The number of hydrogen-bond donors (Lipinski definition) is 1. The Hall–Kier alpha value is -2.34. The Kier molecular flexibility index (Phi) is 6.86. The molecule has 1 aliphatic heterocycles. The molecule has 2 aromatic rings. The fourth-order valence-electron chi connectivity index (χ4n) is 2.96. The topological polar surface area (TPSA) is 111 Å². The molecule has 0 aromatic heterocycles. The lowest BCUT2D eigenvalue weighted by molar-refractivity contribution is 0.0729. The molecule has 1 heterocycles. The largest absolute Gasteiger partial charge is 0.495 e. The zero-order valence-corrected chi connectivity index (χ0v) is 18.3. The van der Waals surface area contributed by atoms with Crippen molar-refractivity contribution in [3.63, 3.8) is 0 Å². The van der Waals surface area contributed by atoms with Crippen LogP contribution in [0, 0.1) is 0 Å². The van der Waals surface area contributed by atoms with Crippen LogP contribution in [0.5, 0.6) is 11.5 Å². The van der Waals surface area contributed by atoms with Gasteiger partial charge in [-0.25, -0.2) is 16.8 Å². The molecular formula is C19H24N2O7S2. The number of methoxy groups -OCH3 is 1. The van der Waals surface area contributed by atoms with E-state index >= 15 is 0 Å². The Labute approximate surface area is 176 Å². The van der Waals surface area contributed by atoms with E-state index in [0.29, 0.717) is 25.6 Å². The molecule has 0 saturated carbocycles. The molecule has 1 N–H and O–H groups in total. The second kappa shape index (κ2) is 9.21. The molecular weight excluding hydrogens is 432 g/mol. The molecule has 0 unspecified atom stereocenters. The lowest BCUT2D eigenvalue weighted by atomic mass is 10.3. The van der Waals surface area contributed by atoms with Gasteiger partial charge in [-0.05, 0) is 49.4 Å². The maximum atomic E-state index is 13.1. The van der Waals surface area contributed by atoms with E-state index in [1.54, 1.807) is 12.1 Å². The van der Waals surface area contributed by atoms with E-state index in [2.05, 4.69) is 4.72 Å². The Morgan fingerprint density at radius 2 is 1.70 bits per heavy atom. The number of anilines is 1. The van der Waals surface area contributed by atoms with Crippen LogP contribution in [0.1, 0.15) is 6.92 Å². The van der Waals surface area contributed by atoms with E-state index in [1.807, 2.05) is 6.92 Å². The standard InChI is InChI=1S/C19H24N2O7S2/c1-3-28-16-5-7-17(8-6-16)29(22,23)20-15-4-9-18(26-2)19(14-15)30(24,25)21-10-12-27-13-11-21/h4-9,14,20H,3,10-13H2,1-2H3. The normalized spacial score (nSPS) is 15.5. The van der Waals surface area contributed by atoms with Crippen molar-refractivity contribution >= 4 is 25.7 Å². The fraction of sp³-hybridized carbons (Fsp3) is 0.368. The average molecular weight is 457 g/mol. The maximum absolute atomic E-state index is 13.1. The Morgan fingerprint density at radius 1 is 1.03 bits per heavy atom. The number of morpholine rings is 1. The van der Waals surface area contributed by atoms with Gasteiger partial charge in [0.05, 0.1) is 37.5 Å². The van der Waals surface area contributed by atoms with Crippen LogP contribution < -0.4 is 14.2 Å². The van der Waals surface area contributed by atoms with Gasteiger partial charge in [0.2, 0.25) is 10.0 Å². The lowest BCUT2D eigenvalue weighted by Gasteiger charge is -2.26. The zero-order chi connectivity index (χ0) is 21.8. The first-order valence-corrected chi connectivity index (χ1v) is 12.2. The number of nitrogens with zero attached hydrogens (tertiary/aromatic N) is 1. The molecule has 0 aliphatic carbocycles. The van der Waals surface area contributed by atoms with Gasteiger partial charge >= 0.3 is 0 Å². The van der Waals surface area contributed by atoms with Gasteiger partial charge in [0, 0.05) is 13.1 Å². The quantitative estimate of drug-likeness (QED) is 0.646. The van der Waals surface area contributed by atoms with E-state index in [4.69, 9.17) is 14.2 Å². The van der Waals surface area contributed by atoms with Crippen molar-refractivity contribution in [2.75, 3.05) is 44.7 Å². The van der Waals surface area contributed by atoms with E-state index in [1.165, 1.54) is 41.7 Å². The molecule has 0 atom stereocenters. The predicted octanol–water partition coefficient (Wildman–Crippen LogP) is 1.92. The van der Waals surface area contributed by atoms with Crippen LogP contribution in [0.15, 0.2) is 52.3 Å². The van der Waals surface area contributed by atoms with Crippen LogP contribution in [0.4, 0.5) is 5.69 Å². The first-order chi connectivity index (χ1) is 14.3. The highest BCUT2D eigenvalue weighted by Gasteiger charge is 2.30.